The van der Waals surface area contributed by atoms with Crippen molar-refractivity contribution in [2.75, 3.05) is 5.32 Å². The summed E-state index contributed by atoms with van der Waals surface area (Å²) in [5, 5.41) is 14.4. The Morgan fingerprint density at radius 2 is 2.06 bits per heavy atom. The first kappa shape index (κ1) is 23.4. The van der Waals surface area contributed by atoms with Crippen LogP contribution in [-0.2, 0) is 4.79 Å². The fraction of sp³-hybridized carbons (Fsp3) is 0.333. The van der Waals surface area contributed by atoms with Crippen LogP contribution < -0.4 is 10.6 Å². The van der Waals surface area contributed by atoms with Crippen LogP contribution in [0.25, 0.3) is 0 Å². The first-order chi connectivity index (χ1) is 16.4. The van der Waals surface area contributed by atoms with E-state index in [0.717, 1.165) is 42.6 Å². The van der Waals surface area contributed by atoms with Crippen molar-refractivity contribution in [1.82, 2.24) is 15.3 Å². The molecule has 0 bridgehead atoms. The van der Waals surface area contributed by atoms with E-state index in [0.29, 0.717) is 11.5 Å². The van der Waals surface area contributed by atoms with E-state index in [-0.39, 0.29) is 23.2 Å². The van der Waals surface area contributed by atoms with Crippen molar-refractivity contribution < 1.29 is 9.18 Å². The van der Waals surface area contributed by atoms with Crippen LogP contribution in [0.15, 0.2) is 65.9 Å². The minimum absolute atomic E-state index is 0.114. The van der Waals surface area contributed by atoms with E-state index < -0.39 is 0 Å². The summed E-state index contributed by atoms with van der Waals surface area (Å²) in [6.07, 6.45) is 11.7. The highest BCUT2D eigenvalue weighted by Crippen LogP contribution is 2.55. The molecule has 2 aromatic rings. The van der Waals surface area contributed by atoms with Gasteiger partial charge in [0.1, 0.15) is 12.1 Å². The fourth-order valence-corrected chi connectivity index (χ4v) is 4.98. The largest absolute Gasteiger partial charge is 0.355 e. The number of anilines is 1. The van der Waals surface area contributed by atoms with Gasteiger partial charge in [-0.05, 0) is 72.9 Å². The van der Waals surface area contributed by atoms with E-state index in [1.807, 2.05) is 0 Å². The van der Waals surface area contributed by atoms with E-state index in [9.17, 15) is 9.18 Å². The Bertz CT molecular complexity index is 1190. The third-order valence-corrected chi connectivity index (χ3v) is 6.77. The lowest BCUT2D eigenvalue weighted by molar-refractivity contribution is -0.119. The van der Waals surface area contributed by atoms with Gasteiger partial charge in [0.15, 0.2) is 0 Å². The molecule has 1 fully saturated rings. The number of rotatable bonds is 6. The lowest BCUT2D eigenvalue weighted by atomic mass is 9.68. The molecule has 1 aromatic carbocycles. The van der Waals surface area contributed by atoms with Crippen molar-refractivity contribution in [3.8, 4) is 11.8 Å². The number of fused-ring (bicyclic) bond motifs is 1. The van der Waals surface area contributed by atoms with Crippen LogP contribution in [0.3, 0.4) is 0 Å². The Morgan fingerprint density at radius 3 is 2.74 bits per heavy atom. The van der Waals surface area contributed by atoms with Gasteiger partial charge in [-0.15, -0.1) is 0 Å². The Kier molecular flexibility index (Phi) is 6.87. The van der Waals surface area contributed by atoms with Crippen molar-refractivity contribution in [3.05, 3.63) is 77.3 Å². The quantitative estimate of drug-likeness (QED) is 0.436. The second-order valence-corrected chi connectivity index (χ2v) is 9.10. The molecule has 7 heteroatoms. The van der Waals surface area contributed by atoms with E-state index in [1.165, 1.54) is 37.2 Å². The van der Waals surface area contributed by atoms with Gasteiger partial charge in [-0.3, -0.25) is 4.79 Å². The summed E-state index contributed by atoms with van der Waals surface area (Å²) in [6, 6.07) is 5.95. The van der Waals surface area contributed by atoms with Gasteiger partial charge in [-0.25, -0.2) is 14.4 Å². The number of benzene rings is 1. The Labute approximate surface area is 199 Å². The highest BCUT2D eigenvalue weighted by molar-refractivity contribution is 5.81. The number of aromatic nitrogens is 2. The Hall–Kier alpha value is -3.79. The number of allylic oxidation sites excluding steroid dienone is 3. The van der Waals surface area contributed by atoms with Crippen LogP contribution in [0.2, 0.25) is 0 Å². The third kappa shape index (κ3) is 5.23. The molecule has 0 saturated heterocycles. The monoisotopic (exact) mass is 457 g/mol. The van der Waals surface area contributed by atoms with Crippen LogP contribution in [0.1, 0.15) is 45.1 Å². The number of carbonyl (C=O) groups is 1. The zero-order chi connectivity index (χ0) is 24.1. The molecule has 0 aliphatic heterocycles. The van der Waals surface area contributed by atoms with Gasteiger partial charge in [0.05, 0.1) is 11.6 Å². The molecular weight excluding hydrogens is 429 g/mol. The maximum atomic E-state index is 13.3. The number of nitrogens with one attached hydrogen (secondary N) is 3. The van der Waals surface area contributed by atoms with Gasteiger partial charge in [0, 0.05) is 36.9 Å². The van der Waals surface area contributed by atoms with Crippen LogP contribution in [0, 0.1) is 34.4 Å². The van der Waals surface area contributed by atoms with Gasteiger partial charge in [-0.2, -0.15) is 0 Å². The average Bonchev–Trinajstić information content (AvgIpc) is 3.13. The molecule has 2 aliphatic rings. The van der Waals surface area contributed by atoms with E-state index in [4.69, 9.17) is 5.41 Å². The molecule has 174 valence electrons. The van der Waals surface area contributed by atoms with Crippen LogP contribution in [0.4, 0.5) is 10.1 Å². The summed E-state index contributed by atoms with van der Waals surface area (Å²) in [6.45, 7) is 3.75. The normalized spacial score (nSPS) is 22.1. The molecule has 2 aliphatic carbocycles. The number of carbonyl (C=O) groups excluding carboxylic acids is 1. The molecule has 3 atom stereocenters. The predicted octanol–water partition coefficient (Wildman–Crippen LogP) is 4.62. The van der Waals surface area contributed by atoms with Gasteiger partial charge >= 0.3 is 0 Å². The number of nitrogens with zero attached hydrogens (tertiary/aromatic N) is 2. The van der Waals surface area contributed by atoms with Gasteiger partial charge in [-0.1, -0.05) is 24.3 Å². The SMILES string of the molecule is CC(=O)NC(C#Cc1cncnc1)C[C@H]1CCC2=CC(Nc3ccc(F)cc3)=C(C=N)C[C@@]21C. The number of halogens is 1. The first-order valence-corrected chi connectivity index (χ1v) is 11.4. The van der Waals surface area contributed by atoms with Crippen molar-refractivity contribution >= 4 is 17.8 Å². The van der Waals surface area contributed by atoms with Crippen LogP contribution in [-0.4, -0.2) is 28.1 Å². The molecule has 34 heavy (non-hydrogen) atoms. The summed E-state index contributed by atoms with van der Waals surface area (Å²) >= 11 is 0. The summed E-state index contributed by atoms with van der Waals surface area (Å²) in [5.41, 5.74) is 4.51. The van der Waals surface area contributed by atoms with Gasteiger partial charge < -0.3 is 16.0 Å². The molecule has 6 nitrogen and oxygen atoms in total. The molecule has 4 rings (SSSR count). The summed E-state index contributed by atoms with van der Waals surface area (Å²) < 4.78 is 13.3. The minimum Gasteiger partial charge on any atom is -0.355 e. The zero-order valence-electron chi connectivity index (χ0n) is 19.4. The third-order valence-electron chi connectivity index (χ3n) is 6.77. The van der Waals surface area contributed by atoms with E-state index >= 15 is 0 Å². The second-order valence-electron chi connectivity index (χ2n) is 9.10. The Morgan fingerprint density at radius 1 is 1.32 bits per heavy atom. The van der Waals surface area contributed by atoms with Crippen LogP contribution >= 0.6 is 0 Å². The molecule has 0 radical (unpaired) electrons. The Balaban J connectivity index is 1.54. The molecular formula is C27H28FN5O. The first-order valence-electron chi connectivity index (χ1n) is 11.4. The standard InChI is InChI=1S/C27H28FN5O/c1-18(34)32-25(8-3-19-15-30-17-31-16-19)11-21-4-5-22-12-26(20(14-29)13-27(21,22)2)33-24-9-6-23(28)7-10-24/h6-7,9-10,12,14-17,21,25,29,33H,4-5,11,13H2,1-2H3,(H,32,34)/t21-,25?,27-/m1/s1. The molecule has 1 amide bonds. The minimum atomic E-state index is -0.287. The van der Waals surface area contributed by atoms with Gasteiger partial charge in [0.25, 0.3) is 0 Å². The second kappa shape index (κ2) is 10.0. The summed E-state index contributed by atoms with van der Waals surface area (Å²) in [5.74, 6) is 6.19. The summed E-state index contributed by atoms with van der Waals surface area (Å²) in [4.78, 5) is 19.8. The van der Waals surface area contributed by atoms with Crippen LogP contribution in [0.5, 0.6) is 0 Å². The van der Waals surface area contributed by atoms with Crippen molar-refractivity contribution in [2.45, 2.75) is 45.6 Å². The van der Waals surface area contributed by atoms with Crippen molar-refractivity contribution in [1.29, 1.82) is 5.41 Å². The molecule has 1 unspecified atom stereocenters. The predicted molar refractivity (Wildman–Crippen MR) is 130 cm³/mol. The molecule has 3 N–H and O–H groups in total. The lowest BCUT2D eigenvalue weighted by Crippen LogP contribution is -2.37. The lowest BCUT2D eigenvalue weighted by Gasteiger charge is -2.38. The molecule has 1 heterocycles. The molecule has 0 spiro atoms. The maximum Gasteiger partial charge on any atom is 0.217 e. The molecule has 1 saturated carbocycles. The summed E-state index contributed by atoms with van der Waals surface area (Å²) in [7, 11) is 0. The topological polar surface area (TPSA) is 90.8 Å². The maximum absolute atomic E-state index is 13.3. The number of hydrogen-bond acceptors (Lipinski definition) is 5. The van der Waals surface area contributed by atoms with Crippen molar-refractivity contribution in [2.24, 2.45) is 11.3 Å². The van der Waals surface area contributed by atoms with Crippen molar-refractivity contribution in [3.63, 3.8) is 0 Å². The number of hydrogen-bond donors (Lipinski definition) is 3. The van der Waals surface area contributed by atoms with Gasteiger partial charge in [0.2, 0.25) is 5.91 Å². The van der Waals surface area contributed by atoms with E-state index in [2.05, 4.69) is 45.4 Å². The highest BCUT2D eigenvalue weighted by atomic mass is 19.1. The zero-order valence-corrected chi connectivity index (χ0v) is 19.4. The smallest absolute Gasteiger partial charge is 0.217 e. The van der Waals surface area contributed by atoms with E-state index in [1.54, 1.807) is 24.5 Å². The highest BCUT2D eigenvalue weighted by Gasteiger charge is 2.45. The molecule has 1 aromatic heterocycles. The fourth-order valence-electron chi connectivity index (χ4n) is 4.98. The number of amides is 1. The average molecular weight is 458 g/mol.